The normalized spacial score (nSPS) is 12.8. The van der Waals surface area contributed by atoms with Gasteiger partial charge in [0, 0.05) is 12.6 Å². The number of aliphatic carboxylic acids is 1. The van der Waals surface area contributed by atoms with Gasteiger partial charge in [-0.15, -0.1) is 0 Å². The number of nitrogens with two attached hydrogens (primary N) is 1. The summed E-state index contributed by atoms with van der Waals surface area (Å²) in [4.78, 5) is 24.9. The van der Waals surface area contributed by atoms with Crippen LogP contribution in [-0.2, 0) is 19.6 Å². The molecule has 10 heteroatoms. The first-order valence-electron chi connectivity index (χ1n) is 5.38. The minimum atomic E-state index is -4.16. The van der Waals surface area contributed by atoms with Crippen LogP contribution in [0.1, 0.15) is 12.8 Å². The molecule has 0 saturated heterocycles. The number of hydrogen-bond acceptors (Lipinski definition) is 5. The highest BCUT2D eigenvalue weighted by Gasteiger charge is 2.27. The molecule has 1 rings (SSSR count). The third kappa shape index (κ3) is 4.44. The molecule has 110 valence electrons. The van der Waals surface area contributed by atoms with E-state index in [1.807, 2.05) is 4.72 Å². The molecular weight excluding hydrogens is 310 g/mol. The van der Waals surface area contributed by atoms with E-state index in [4.69, 9.17) is 22.4 Å². The summed E-state index contributed by atoms with van der Waals surface area (Å²) in [5.41, 5.74) is 4.90. The molecule has 0 bridgehead atoms. The summed E-state index contributed by atoms with van der Waals surface area (Å²) in [5.74, 6) is -2.15. The topological polar surface area (TPSA) is 139 Å². The lowest BCUT2D eigenvalue weighted by Crippen LogP contribution is -2.41. The number of sulfonamides is 1. The van der Waals surface area contributed by atoms with Crippen LogP contribution in [0.3, 0.4) is 0 Å². The van der Waals surface area contributed by atoms with Crippen LogP contribution in [0.15, 0.2) is 23.2 Å². The first-order chi connectivity index (χ1) is 9.24. The molecule has 0 aliphatic carbocycles. The third-order valence-electron chi connectivity index (χ3n) is 2.29. The van der Waals surface area contributed by atoms with Crippen LogP contribution in [0.5, 0.6) is 0 Å². The highest BCUT2D eigenvalue weighted by atomic mass is 35.5. The highest BCUT2D eigenvalue weighted by Crippen LogP contribution is 2.18. The Labute approximate surface area is 120 Å². The molecule has 0 aliphatic heterocycles. The van der Waals surface area contributed by atoms with Gasteiger partial charge in [-0.25, -0.2) is 13.4 Å². The lowest BCUT2D eigenvalue weighted by atomic mass is 10.2. The number of aromatic nitrogens is 1. The van der Waals surface area contributed by atoms with Crippen LogP contribution < -0.4 is 10.5 Å². The van der Waals surface area contributed by atoms with Crippen LogP contribution in [0.4, 0.5) is 0 Å². The largest absolute Gasteiger partial charge is 0.480 e. The number of carbonyl (C=O) groups is 2. The summed E-state index contributed by atoms with van der Waals surface area (Å²) in [7, 11) is -4.16. The lowest BCUT2D eigenvalue weighted by molar-refractivity contribution is -0.139. The quantitative estimate of drug-likeness (QED) is 0.591. The molecule has 1 unspecified atom stereocenters. The van der Waals surface area contributed by atoms with Gasteiger partial charge in [0.05, 0.1) is 0 Å². The second-order valence-electron chi connectivity index (χ2n) is 3.81. The minimum absolute atomic E-state index is 0.262. The standard InChI is InChI=1S/C10H12ClN3O5S/c11-9-7(2-1-5-13-9)20(18,19)14-6(10(16)17)3-4-8(12)15/h1-2,5-6,14H,3-4H2,(H2,12,15)(H,16,17). The van der Waals surface area contributed by atoms with Crippen LogP contribution in [0.25, 0.3) is 0 Å². The molecule has 1 heterocycles. The van der Waals surface area contributed by atoms with Crippen molar-refractivity contribution in [3.05, 3.63) is 23.5 Å². The molecule has 0 fully saturated rings. The van der Waals surface area contributed by atoms with Gasteiger partial charge in [0.2, 0.25) is 15.9 Å². The van der Waals surface area contributed by atoms with Crippen LogP contribution in [-0.4, -0.2) is 36.4 Å². The molecule has 8 nitrogen and oxygen atoms in total. The van der Waals surface area contributed by atoms with E-state index in [0.717, 1.165) is 0 Å². The fourth-order valence-corrected chi connectivity index (χ4v) is 3.02. The van der Waals surface area contributed by atoms with Crippen molar-refractivity contribution in [3.8, 4) is 0 Å². The molecule has 0 radical (unpaired) electrons. The number of primary amides is 1. The number of carboxylic acids is 1. The second kappa shape index (κ2) is 6.64. The Balaban J connectivity index is 2.95. The van der Waals surface area contributed by atoms with Crippen molar-refractivity contribution < 1.29 is 23.1 Å². The zero-order chi connectivity index (χ0) is 15.3. The molecule has 0 aliphatic rings. The van der Waals surface area contributed by atoms with Gasteiger partial charge in [-0.3, -0.25) is 9.59 Å². The smallest absolute Gasteiger partial charge is 0.321 e. The van der Waals surface area contributed by atoms with E-state index in [1.165, 1.54) is 18.3 Å². The van der Waals surface area contributed by atoms with Crippen molar-refractivity contribution in [1.29, 1.82) is 0 Å². The molecule has 20 heavy (non-hydrogen) atoms. The summed E-state index contributed by atoms with van der Waals surface area (Å²) in [6, 6.07) is 1.05. The number of nitrogens with zero attached hydrogens (tertiary/aromatic N) is 1. The first-order valence-corrected chi connectivity index (χ1v) is 7.24. The maximum Gasteiger partial charge on any atom is 0.321 e. The zero-order valence-corrected chi connectivity index (χ0v) is 11.7. The fourth-order valence-electron chi connectivity index (χ4n) is 1.34. The predicted octanol–water partition coefficient (Wildman–Crippen LogP) is -0.268. The molecule has 1 aromatic rings. The average Bonchev–Trinajstić information content (AvgIpc) is 2.34. The molecule has 4 N–H and O–H groups in total. The Bertz CT molecular complexity index is 619. The van der Waals surface area contributed by atoms with E-state index in [0.29, 0.717) is 0 Å². The maximum absolute atomic E-state index is 12.0. The number of amides is 1. The van der Waals surface area contributed by atoms with Gasteiger partial charge in [0.25, 0.3) is 0 Å². The van der Waals surface area contributed by atoms with Gasteiger partial charge in [-0.1, -0.05) is 11.6 Å². The van der Waals surface area contributed by atoms with E-state index in [1.54, 1.807) is 0 Å². The minimum Gasteiger partial charge on any atom is -0.480 e. The van der Waals surface area contributed by atoms with E-state index < -0.39 is 27.9 Å². The molecule has 0 spiro atoms. The molecule has 1 aromatic heterocycles. The molecule has 1 atom stereocenters. The van der Waals surface area contributed by atoms with Crippen LogP contribution in [0, 0.1) is 0 Å². The number of carbonyl (C=O) groups excluding carboxylic acids is 1. The summed E-state index contributed by atoms with van der Waals surface area (Å²) < 4.78 is 25.9. The Morgan fingerprint density at radius 2 is 2.15 bits per heavy atom. The van der Waals surface area contributed by atoms with Gasteiger partial charge in [0.1, 0.15) is 16.1 Å². The number of halogens is 1. The molecule has 0 saturated carbocycles. The molecule has 0 aromatic carbocycles. The van der Waals surface area contributed by atoms with Crippen molar-refractivity contribution in [3.63, 3.8) is 0 Å². The summed E-state index contributed by atoms with van der Waals surface area (Å²) in [5, 5.41) is 8.66. The van der Waals surface area contributed by atoms with Crippen molar-refractivity contribution in [2.75, 3.05) is 0 Å². The predicted molar refractivity (Wildman–Crippen MR) is 69.4 cm³/mol. The first kappa shape index (κ1) is 16.3. The van der Waals surface area contributed by atoms with Gasteiger partial charge < -0.3 is 10.8 Å². The molecular formula is C10H12ClN3O5S. The summed E-state index contributed by atoms with van der Waals surface area (Å²) in [6.45, 7) is 0. The van der Waals surface area contributed by atoms with E-state index in [2.05, 4.69) is 4.98 Å². The van der Waals surface area contributed by atoms with Crippen LogP contribution >= 0.6 is 11.6 Å². The van der Waals surface area contributed by atoms with E-state index in [-0.39, 0.29) is 22.9 Å². The highest BCUT2D eigenvalue weighted by molar-refractivity contribution is 7.89. The molecule has 1 amide bonds. The van der Waals surface area contributed by atoms with Crippen molar-refractivity contribution in [1.82, 2.24) is 9.71 Å². The zero-order valence-electron chi connectivity index (χ0n) is 10.1. The summed E-state index contributed by atoms with van der Waals surface area (Å²) >= 11 is 5.65. The van der Waals surface area contributed by atoms with Crippen molar-refractivity contribution in [2.45, 2.75) is 23.8 Å². The number of nitrogens with one attached hydrogen (secondary N) is 1. The fraction of sp³-hybridized carbons (Fsp3) is 0.300. The van der Waals surface area contributed by atoms with Gasteiger partial charge >= 0.3 is 5.97 Å². The van der Waals surface area contributed by atoms with Gasteiger partial charge in [-0.05, 0) is 18.6 Å². The SMILES string of the molecule is NC(=O)CCC(NS(=O)(=O)c1cccnc1Cl)C(=O)O. The van der Waals surface area contributed by atoms with Gasteiger partial charge in [0.15, 0.2) is 0 Å². The van der Waals surface area contributed by atoms with E-state index >= 15 is 0 Å². The Kier molecular flexibility index (Phi) is 5.43. The second-order valence-corrected chi connectivity index (χ2v) is 5.85. The monoisotopic (exact) mass is 321 g/mol. The number of pyridine rings is 1. The number of rotatable bonds is 7. The average molecular weight is 322 g/mol. The van der Waals surface area contributed by atoms with E-state index in [9.17, 15) is 18.0 Å². The Morgan fingerprint density at radius 3 is 2.65 bits per heavy atom. The van der Waals surface area contributed by atoms with Crippen molar-refractivity contribution in [2.24, 2.45) is 5.73 Å². The number of hydrogen-bond donors (Lipinski definition) is 3. The van der Waals surface area contributed by atoms with Crippen molar-refractivity contribution >= 4 is 33.5 Å². The Hall–Kier alpha value is -1.71. The van der Waals surface area contributed by atoms with Crippen LogP contribution in [0.2, 0.25) is 5.15 Å². The Morgan fingerprint density at radius 1 is 1.50 bits per heavy atom. The lowest BCUT2D eigenvalue weighted by Gasteiger charge is -2.14. The summed E-state index contributed by atoms with van der Waals surface area (Å²) in [6.07, 6.45) is 0.769. The number of carboxylic acid groups (broad SMARTS) is 1. The van der Waals surface area contributed by atoms with Gasteiger partial charge in [-0.2, -0.15) is 4.72 Å². The maximum atomic E-state index is 12.0. The third-order valence-corrected chi connectivity index (χ3v) is 4.21.